The van der Waals surface area contributed by atoms with Gasteiger partial charge in [0.1, 0.15) is 5.75 Å². The summed E-state index contributed by atoms with van der Waals surface area (Å²) in [5.74, 6) is 0.588. The Morgan fingerprint density at radius 3 is 2.52 bits per heavy atom. The maximum absolute atomic E-state index is 12.6. The zero-order valence-corrected chi connectivity index (χ0v) is 14.0. The van der Waals surface area contributed by atoms with Gasteiger partial charge in [-0.2, -0.15) is 0 Å². The summed E-state index contributed by atoms with van der Waals surface area (Å²) in [5.41, 5.74) is 6.63. The molecular weight excluding hydrogens is 356 g/mol. The number of halogens is 1. The lowest BCUT2D eigenvalue weighted by Gasteiger charge is -2.20. The number of hydrogen-bond acceptors (Lipinski definition) is 4. The first-order valence-electron chi connectivity index (χ1n) is 6.04. The van der Waals surface area contributed by atoms with E-state index in [1.807, 2.05) is 0 Å². The number of rotatable bonds is 4. The summed E-state index contributed by atoms with van der Waals surface area (Å²) in [6.45, 7) is 0. The molecule has 0 spiro atoms. The molecule has 0 atom stereocenters. The van der Waals surface area contributed by atoms with Gasteiger partial charge in [0.2, 0.25) is 0 Å². The van der Waals surface area contributed by atoms with Gasteiger partial charge in [-0.15, -0.1) is 0 Å². The summed E-state index contributed by atoms with van der Waals surface area (Å²) >= 11 is 3.25. The average Bonchev–Trinajstić information content (AvgIpc) is 2.49. The molecule has 2 aromatic carbocycles. The fourth-order valence-corrected chi connectivity index (χ4v) is 3.26. The van der Waals surface area contributed by atoms with Gasteiger partial charge in [-0.25, -0.2) is 8.42 Å². The van der Waals surface area contributed by atoms with Crippen molar-refractivity contribution in [3.05, 3.63) is 46.9 Å². The average molecular weight is 371 g/mol. The van der Waals surface area contributed by atoms with Crippen LogP contribution in [-0.2, 0) is 10.0 Å². The highest BCUT2D eigenvalue weighted by Crippen LogP contribution is 2.28. The van der Waals surface area contributed by atoms with Crippen molar-refractivity contribution in [3.63, 3.8) is 0 Å². The minimum Gasteiger partial charge on any atom is -0.497 e. The second-order valence-electron chi connectivity index (χ2n) is 4.36. The molecule has 2 aromatic rings. The number of hydrogen-bond donors (Lipinski definition) is 1. The van der Waals surface area contributed by atoms with Gasteiger partial charge in [-0.05, 0) is 46.3 Å². The monoisotopic (exact) mass is 370 g/mol. The van der Waals surface area contributed by atoms with Crippen LogP contribution in [-0.4, -0.2) is 22.6 Å². The Morgan fingerprint density at radius 1 is 1.19 bits per heavy atom. The second kappa shape index (κ2) is 5.95. The number of anilines is 2. The van der Waals surface area contributed by atoms with E-state index >= 15 is 0 Å². The van der Waals surface area contributed by atoms with Crippen molar-refractivity contribution in [3.8, 4) is 5.75 Å². The lowest BCUT2D eigenvalue weighted by Crippen LogP contribution is -2.26. The maximum Gasteiger partial charge on any atom is 0.264 e. The summed E-state index contributed by atoms with van der Waals surface area (Å²) in [6, 6.07) is 11.4. The first kappa shape index (κ1) is 15.7. The molecule has 0 saturated carbocycles. The van der Waals surface area contributed by atoms with Crippen molar-refractivity contribution >= 4 is 37.3 Å². The van der Waals surface area contributed by atoms with E-state index in [9.17, 15) is 8.42 Å². The van der Waals surface area contributed by atoms with Crippen LogP contribution in [0.4, 0.5) is 11.4 Å². The summed E-state index contributed by atoms with van der Waals surface area (Å²) < 4.78 is 32.2. The third-order valence-electron chi connectivity index (χ3n) is 3.04. The number of ether oxygens (including phenoxy) is 1. The highest BCUT2D eigenvalue weighted by molar-refractivity contribution is 9.10. The molecular formula is C14H15BrN2O3S. The quantitative estimate of drug-likeness (QED) is 0.839. The number of nitrogen functional groups attached to an aromatic ring is 1. The van der Waals surface area contributed by atoms with Crippen molar-refractivity contribution in [2.24, 2.45) is 0 Å². The Hall–Kier alpha value is -1.73. The van der Waals surface area contributed by atoms with Crippen LogP contribution in [0.25, 0.3) is 0 Å². The smallest absolute Gasteiger partial charge is 0.264 e. The van der Waals surface area contributed by atoms with E-state index in [2.05, 4.69) is 15.9 Å². The summed E-state index contributed by atoms with van der Waals surface area (Å²) in [6.07, 6.45) is 0. The van der Waals surface area contributed by atoms with Gasteiger partial charge in [0.05, 0.1) is 17.7 Å². The zero-order chi connectivity index (χ0) is 15.6. The third kappa shape index (κ3) is 3.14. The number of benzene rings is 2. The Morgan fingerprint density at radius 2 is 1.90 bits per heavy atom. The van der Waals surface area contributed by atoms with Crippen LogP contribution in [0.15, 0.2) is 51.8 Å². The van der Waals surface area contributed by atoms with Gasteiger partial charge in [0.15, 0.2) is 0 Å². The fraction of sp³-hybridized carbons (Fsp3) is 0.143. The standard InChI is InChI=1S/C14H15BrN2O3S/c1-17(10-4-3-5-11(8-10)20-2)21(18,19)12-6-7-13(15)14(16)9-12/h3-9H,16H2,1-2H3. The van der Waals surface area contributed by atoms with Gasteiger partial charge in [-0.3, -0.25) is 4.31 Å². The largest absolute Gasteiger partial charge is 0.497 e. The number of nitrogens with two attached hydrogens (primary N) is 1. The molecule has 7 heteroatoms. The molecule has 2 N–H and O–H groups in total. The molecule has 0 fully saturated rings. The number of nitrogens with zero attached hydrogens (tertiary/aromatic N) is 1. The van der Waals surface area contributed by atoms with Crippen molar-refractivity contribution in [1.82, 2.24) is 0 Å². The predicted octanol–water partition coefficient (Wildman–Crippen LogP) is 2.87. The normalized spacial score (nSPS) is 11.2. The maximum atomic E-state index is 12.6. The molecule has 2 rings (SSSR count). The van der Waals surface area contributed by atoms with Crippen LogP contribution in [0.2, 0.25) is 0 Å². The Kier molecular flexibility index (Phi) is 4.43. The Labute approximate surface area is 132 Å². The van der Waals surface area contributed by atoms with Crippen molar-refractivity contribution in [1.29, 1.82) is 0 Å². The van der Waals surface area contributed by atoms with E-state index in [1.54, 1.807) is 30.3 Å². The minimum atomic E-state index is -3.68. The van der Waals surface area contributed by atoms with E-state index in [4.69, 9.17) is 10.5 Å². The van der Waals surface area contributed by atoms with Gasteiger partial charge < -0.3 is 10.5 Å². The first-order valence-corrected chi connectivity index (χ1v) is 8.27. The third-order valence-corrected chi connectivity index (χ3v) is 5.55. The fourth-order valence-electron chi connectivity index (χ4n) is 1.79. The minimum absolute atomic E-state index is 0.133. The van der Waals surface area contributed by atoms with Crippen LogP contribution in [0, 0.1) is 0 Å². The van der Waals surface area contributed by atoms with Gasteiger partial charge in [-0.1, -0.05) is 6.07 Å². The summed E-state index contributed by atoms with van der Waals surface area (Å²) in [5, 5.41) is 0. The number of sulfonamides is 1. The molecule has 0 bridgehead atoms. The van der Waals surface area contributed by atoms with Crippen molar-refractivity contribution in [2.75, 3.05) is 24.2 Å². The Balaban J connectivity index is 2.44. The molecule has 0 aliphatic rings. The van der Waals surface area contributed by atoms with Crippen LogP contribution >= 0.6 is 15.9 Å². The Bertz CT molecular complexity index is 763. The van der Waals surface area contributed by atoms with E-state index in [-0.39, 0.29) is 4.90 Å². The van der Waals surface area contributed by atoms with Crippen LogP contribution in [0.1, 0.15) is 0 Å². The highest BCUT2D eigenvalue weighted by Gasteiger charge is 2.22. The lowest BCUT2D eigenvalue weighted by atomic mass is 10.3. The van der Waals surface area contributed by atoms with Crippen LogP contribution in [0.3, 0.4) is 0 Å². The molecule has 0 saturated heterocycles. The molecule has 21 heavy (non-hydrogen) atoms. The topological polar surface area (TPSA) is 72.6 Å². The first-order chi connectivity index (χ1) is 9.86. The van der Waals surface area contributed by atoms with E-state index in [0.717, 1.165) is 0 Å². The predicted molar refractivity (Wildman–Crippen MR) is 87.1 cm³/mol. The van der Waals surface area contributed by atoms with Gasteiger partial charge in [0, 0.05) is 23.3 Å². The molecule has 0 aliphatic carbocycles. The van der Waals surface area contributed by atoms with E-state index < -0.39 is 10.0 Å². The lowest BCUT2D eigenvalue weighted by molar-refractivity contribution is 0.415. The molecule has 0 aliphatic heterocycles. The molecule has 112 valence electrons. The SMILES string of the molecule is COc1cccc(N(C)S(=O)(=O)c2ccc(Br)c(N)c2)c1. The molecule has 0 amide bonds. The molecule has 0 radical (unpaired) electrons. The van der Waals surface area contributed by atoms with Crippen molar-refractivity contribution < 1.29 is 13.2 Å². The molecule has 0 heterocycles. The van der Waals surface area contributed by atoms with Gasteiger partial charge >= 0.3 is 0 Å². The van der Waals surface area contributed by atoms with Crippen LogP contribution < -0.4 is 14.8 Å². The highest BCUT2D eigenvalue weighted by atomic mass is 79.9. The van der Waals surface area contributed by atoms with Gasteiger partial charge in [0.25, 0.3) is 10.0 Å². The summed E-state index contributed by atoms with van der Waals surface area (Å²) in [4.78, 5) is 0.133. The summed E-state index contributed by atoms with van der Waals surface area (Å²) in [7, 11) is -0.660. The molecule has 0 unspecified atom stereocenters. The molecule has 0 aromatic heterocycles. The van der Waals surface area contributed by atoms with Crippen molar-refractivity contribution in [2.45, 2.75) is 4.90 Å². The van der Waals surface area contributed by atoms with E-state index in [1.165, 1.54) is 30.6 Å². The number of methoxy groups -OCH3 is 1. The molecule has 5 nitrogen and oxygen atoms in total. The van der Waals surface area contributed by atoms with E-state index in [0.29, 0.717) is 21.6 Å². The zero-order valence-electron chi connectivity index (χ0n) is 11.6. The van der Waals surface area contributed by atoms with Crippen LogP contribution in [0.5, 0.6) is 5.75 Å². The second-order valence-corrected chi connectivity index (χ2v) is 7.18.